The van der Waals surface area contributed by atoms with Gasteiger partial charge in [0.05, 0.1) is 6.10 Å². The van der Waals surface area contributed by atoms with Gasteiger partial charge in [-0.3, -0.25) is 4.79 Å². The highest BCUT2D eigenvalue weighted by Gasteiger charge is 2.37. The van der Waals surface area contributed by atoms with Crippen molar-refractivity contribution in [2.75, 3.05) is 0 Å². The van der Waals surface area contributed by atoms with Gasteiger partial charge in [0, 0.05) is 13.0 Å². The Morgan fingerprint density at radius 1 is 1.56 bits per heavy atom. The highest BCUT2D eigenvalue weighted by molar-refractivity contribution is 5.83. The maximum atomic E-state index is 11.0. The minimum Gasteiger partial charge on any atom is -0.454 e. The predicted molar refractivity (Wildman–Crippen MR) is 52.3 cm³/mol. The number of carbonyl (C=O) groups excluding carboxylic acids is 2. The molecule has 0 saturated heterocycles. The second kappa shape index (κ2) is 5.09. The molecule has 4 atom stereocenters. The van der Waals surface area contributed by atoms with Gasteiger partial charge in [-0.1, -0.05) is 0 Å². The summed E-state index contributed by atoms with van der Waals surface area (Å²) >= 11 is 0. The first-order valence-corrected chi connectivity index (χ1v) is 4.84. The van der Waals surface area contributed by atoms with Crippen LogP contribution >= 0.6 is 0 Å². The molecule has 1 rings (SSSR count). The number of cyclic esters (lactones) is 1. The zero-order valence-electron chi connectivity index (χ0n) is 8.99. The van der Waals surface area contributed by atoms with Gasteiger partial charge < -0.3 is 19.7 Å². The largest absolute Gasteiger partial charge is 0.454 e. The van der Waals surface area contributed by atoms with Crippen molar-refractivity contribution in [1.29, 1.82) is 0 Å². The van der Waals surface area contributed by atoms with Gasteiger partial charge in [0.15, 0.2) is 12.2 Å². The van der Waals surface area contributed by atoms with Gasteiger partial charge in [-0.25, -0.2) is 4.79 Å². The van der Waals surface area contributed by atoms with E-state index in [1.54, 1.807) is 0 Å². The molecule has 0 saturated carbocycles. The lowest BCUT2D eigenvalue weighted by Gasteiger charge is -2.31. The van der Waals surface area contributed by atoms with Crippen LogP contribution in [0.3, 0.4) is 0 Å². The van der Waals surface area contributed by atoms with Crippen LogP contribution in [0.2, 0.25) is 0 Å². The third-order valence-electron chi connectivity index (χ3n) is 2.13. The van der Waals surface area contributed by atoms with E-state index in [0.717, 1.165) is 6.08 Å². The summed E-state index contributed by atoms with van der Waals surface area (Å²) in [5.41, 5.74) is 0. The lowest BCUT2D eigenvalue weighted by molar-refractivity contribution is -0.176. The lowest BCUT2D eigenvalue weighted by atomic mass is 10.0. The Kier molecular flexibility index (Phi) is 4.03. The first-order valence-electron chi connectivity index (χ1n) is 4.84. The number of esters is 2. The summed E-state index contributed by atoms with van der Waals surface area (Å²) in [6.07, 6.45) is -1.93. The monoisotopic (exact) mass is 230 g/mol. The maximum absolute atomic E-state index is 11.0. The summed E-state index contributed by atoms with van der Waals surface area (Å²) in [6, 6.07) is 0. The molecule has 0 aromatic rings. The van der Waals surface area contributed by atoms with Crippen molar-refractivity contribution >= 4 is 11.9 Å². The van der Waals surface area contributed by atoms with Crippen molar-refractivity contribution in [3.8, 4) is 0 Å². The van der Waals surface area contributed by atoms with Crippen LogP contribution in [0.4, 0.5) is 0 Å². The van der Waals surface area contributed by atoms with Crippen LogP contribution < -0.4 is 0 Å². The van der Waals surface area contributed by atoms with Crippen LogP contribution in [0.1, 0.15) is 13.8 Å². The molecule has 6 nitrogen and oxygen atoms in total. The molecule has 6 heteroatoms. The van der Waals surface area contributed by atoms with Crippen LogP contribution in [0.25, 0.3) is 0 Å². The smallest absolute Gasteiger partial charge is 0.331 e. The molecule has 0 unspecified atom stereocenters. The fourth-order valence-corrected chi connectivity index (χ4v) is 1.36. The van der Waals surface area contributed by atoms with Gasteiger partial charge in [0.25, 0.3) is 0 Å². The molecular formula is C10H14O6. The molecule has 1 aliphatic heterocycles. The summed E-state index contributed by atoms with van der Waals surface area (Å²) in [7, 11) is 0. The normalized spacial score (nSPS) is 28.1. The van der Waals surface area contributed by atoms with E-state index >= 15 is 0 Å². The fraction of sp³-hybridized carbons (Fsp3) is 0.600. The quantitative estimate of drug-likeness (QED) is 0.613. The van der Waals surface area contributed by atoms with Gasteiger partial charge in [0.1, 0.15) is 6.10 Å². The Labute approximate surface area is 92.5 Å². The highest BCUT2D eigenvalue weighted by Crippen LogP contribution is 2.18. The molecule has 0 radical (unpaired) electrons. The van der Waals surface area contributed by atoms with Crippen molar-refractivity contribution < 1.29 is 29.3 Å². The number of hydrogen-bond acceptors (Lipinski definition) is 6. The molecular weight excluding hydrogens is 216 g/mol. The molecule has 0 spiro atoms. The van der Waals surface area contributed by atoms with Crippen molar-refractivity contribution in [2.24, 2.45) is 0 Å². The topological polar surface area (TPSA) is 93.1 Å². The van der Waals surface area contributed by atoms with E-state index in [2.05, 4.69) is 0 Å². The summed E-state index contributed by atoms with van der Waals surface area (Å²) in [5.74, 6) is -1.21. The zero-order valence-corrected chi connectivity index (χ0v) is 8.99. The number of hydrogen-bond donors (Lipinski definition) is 2. The van der Waals surface area contributed by atoms with E-state index in [1.807, 2.05) is 0 Å². The summed E-state index contributed by atoms with van der Waals surface area (Å²) < 4.78 is 9.66. The average Bonchev–Trinajstić information content (AvgIpc) is 2.18. The highest BCUT2D eigenvalue weighted by atomic mass is 16.6. The Morgan fingerprint density at radius 2 is 2.19 bits per heavy atom. The molecule has 0 aliphatic carbocycles. The van der Waals surface area contributed by atoms with Crippen molar-refractivity contribution in [1.82, 2.24) is 0 Å². The maximum Gasteiger partial charge on any atom is 0.331 e. The van der Waals surface area contributed by atoms with Crippen LogP contribution in [0.15, 0.2) is 12.2 Å². The standard InChI is InChI=1S/C10H14O6/c1-5(11)9(14)10-7(15-6(2)12)3-4-8(13)16-10/h3-5,7,9-11,14H,1-2H3/t5-,7-,9-,10+/m0/s1. The third-order valence-corrected chi connectivity index (χ3v) is 2.13. The van der Waals surface area contributed by atoms with E-state index in [4.69, 9.17) is 9.47 Å². The number of aliphatic hydroxyl groups excluding tert-OH is 2. The van der Waals surface area contributed by atoms with Crippen LogP contribution in [-0.2, 0) is 19.1 Å². The van der Waals surface area contributed by atoms with Crippen LogP contribution in [0.5, 0.6) is 0 Å². The second-order valence-corrected chi connectivity index (χ2v) is 3.57. The van der Waals surface area contributed by atoms with Crippen molar-refractivity contribution in [2.45, 2.75) is 38.3 Å². The van der Waals surface area contributed by atoms with Crippen LogP contribution in [-0.4, -0.2) is 46.6 Å². The molecule has 1 aliphatic rings. The van der Waals surface area contributed by atoms with Gasteiger partial charge in [-0.15, -0.1) is 0 Å². The van der Waals surface area contributed by atoms with E-state index in [-0.39, 0.29) is 0 Å². The minimum absolute atomic E-state index is 0.560. The molecule has 0 fully saturated rings. The first kappa shape index (κ1) is 12.7. The number of carbonyl (C=O) groups is 2. The van der Waals surface area contributed by atoms with Gasteiger partial charge in [-0.05, 0) is 13.0 Å². The minimum atomic E-state index is -1.31. The van der Waals surface area contributed by atoms with E-state index in [0.29, 0.717) is 0 Å². The Bertz CT molecular complexity index is 308. The van der Waals surface area contributed by atoms with Gasteiger partial charge in [-0.2, -0.15) is 0 Å². The first-order chi connectivity index (χ1) is 7.41. The van der Waals surface area contributed by atoms with Crippen molar-refractivity contribution in [3.05, 3.63) is 12.2 Å². The third kappa shape index (κ3) is 3.04. The summed E-state index contributed by atoms with van der Waals surface area (Å²) in [5, 5.41) is 18.8. The predicted octanol–water partition coefficient (Wildman–Crippen LogP) is -0.859. The molecule has 0 amide bonds. The molecule has 90 valence electrons. The van der Waals surface area contributed by atoms with Crippen LogP contribution in [0, 0.1) is 0 Å². The Hall–Kier alpha value is -1.40. The molecule has 0 bridgehead atoms. The molecule has 0 aromatic heterocycles. The van der Waals surface area contributed by atoms with Gasteiger partial charge >= 0.3 is 11.9 Å². The number of ether oxygens (including phenoxy) is 2. The Balaban J connectivity index is 2.81. The number of rotatable bonds is 3. The van der Waals surface area contributed by atoms with Crippen molar-refractivity contribution in [3.63, 3.8) is 0 Å². The second-order valence-electron chi connectivity index (χ2n) is 3.57. The molecule has 1 heterocycles. The fourth-order valence-electron chi connectivity index (χ4n) is 1.36. The van der Waals surface area contributed by atoms with E-state index < -0.39 is 36.4 Å². The SMILES string of the molecule is CC(=O)O[C@H]1C=CC(=O)O[C@H]1[C@@H](O)[C@H](C)O. The lowest BCUT2D eigenvalue weighted by Crippen LogP contribution is -2.48. The molecule has 16 heavy (non-hydrogen) atoms. The summed E-state index contributed by atoms with van der Waals surface area (Å²) in [4.78, 5) is 21.8. The molecule has 2 N–H and O–H groups in total. The molecule has 0 aromatic carbocycles. The van der Waals surface area contributed by atoms with Gasteiger partial charge in [0.2, 0.25) is 0 Å². The Morgan fingerprint density at radius 3 is 2.69 bits per heavy atom. The van der Waals surface area contributed by atoms with E-state index in [9.17, 15) is 19.8 Å². The van der Waals surface area contributed by atoms with E-state index in [1.165, 1.54) is 19.9 Å². The average molecular weight is 230 g/mol. The summed E-state index contributed by atoms with van der Waals surface area (Å²) in [6.45, 7) is 2.55. The number of aliphatic hydroxyl groups is 2. The zero-order chi connectivity index (χ0) is 12.3.